The SMILES string of the molecule is COc1ccc(-c2ccc(C#N)c(NCCCN(C)C)n2)cc1. The molecule has 0 saturated heterocycles. The number of rotatable bonds is 7. The average molecular weight is 310 g/mol. The Hall–Kier alpha value is -2.58. The zero-order valence-electron chi connectivity index (χ0n) is 13.8. The van der Waals surface area contributed by atoms with Crippen molar-refractivity contribution < 1.29 is 4.74 Å². The second kappa shape index (κ2) is 8.16. The van der Waals surface area contributed by atoms with Gasteiger partial charge in [-0.05, 0) is 63.5 Å². The van der Waals surface area contributed by atoms with Crippen LogP contribution in [0.25, 0.3) is 11.3 Å². The quantitative estimate of drug-likeness (QED) is 0.797. The van der Waals surface area contributed by atoms with Gasteiger partial charge in [0.1, 0.15) is 17.6 Å². The van der Waals surface area contributed by atoms with Crippen molar-refractivity contribution in [3.63, 3.8) is 0 Å². The lowest BCUT2D eigenvalue weighted by Gasteiger charge is -2.12. The normalized spacial score (nSPS) is 10.4. The van der Waals surface area contributed by atoms with Crippen molar-refractivity contribution in [2.45, 2.75) is 6.42 Å². The van der Waals surface area contributed by atoms with Crippen molar-refractivity contribution in [1.29, 1.82) is 5.26 Å². The predicted octanol–water partition coefficient (Wildman–Crippen LogP) is 2.99. The summed E-state index contributed by atoms with van der Waals surface area (Å²) < 4.78 is 5.17. The third-order valence-corrected chi connectivity index (χ3v) is 3.48. The molecule has 1 N–H and O–H groups in total. The fraction of sp³-hybridized carbons (Fsp3) is 0.333. The molecule has 1 heterocycles. The van der Waals surface area contributed by atoms with E-state index in [-0.39, 0.29) is 0 Å². The van der Waals surface area contributed by atoms with Crippen LogP contribution in [0.4, 0.5) is 5.82 Å². The molecule has 2 aromatic rings. The lowest BCUT2D eigenvalue weighted by molar-refractivity contribution is 0.405. The number of ether oxygens (including phenoxy) is 1. The largest absolute Gasteiger partial charge is 0.497 e. The van der Waals surface area contributed by atoms with Crippen molar-refractivity contribution in [1.82, 2.24) is 9.88 Å². The Morgan fingerprint density at radius 3 is 2.52 bits per heavy atom. The molecule has 0 bridgehead atoms. The molecule has 0 saturated carbocycles. The van der Waals surface area contributed by atoms with Gasteiger partial charge in [-0.2, -0.15) is 5.26 Å². The summed E-state index contributed by atoms with van der Waals surface area (Å²) in [4.78, 5) is 6.73. The summed E-state index contributed by atoms with van der Waals surface area (Å²) in [6.07, 6.45) is 0.992. The highest BCUT2D eigenvalue weighted by Gasteiger charge is 2.07. The second-order valence-corrected chi connectivity index (χ2v) is 5.52. The van der Waals surface area contributed by atoms with Crippen LogP contribution >= 0.6 is 0 Å². The molecule has 0 fully saturated rings. The number of aromatic nitrogens is 1. The van der Waals surface area contributed by atoms with Crippen LogP contribution in [0.2, 0.25) is 0 Å². The number of nitriles is 1. The average Bonchev–Trinajstić information content (AvgIpc) is 2.58. The first-order chi connectivity index (χ1) is 11.1. The van der Waals surface area contributed by atoms with Gasteiger partial charge in [-0.3, -0.25) is 0 Å². The topological polar surface area (TPSA) is 61.2 Å². The van der Waals surface area contributed by atoms with Crippen molar-refractivity contribution in [2.24, 2.45) is 0 Å². The van der Waals surface area contributed by atoms with Gasteiger partial charge in [-0.25, -0.2) is 4.98 Å². The number of nitrogens with one attached hydrogen (secondary N) is 1. The van der Waals surface area contributed by atoms with Crippen LogP contribution in [0.15, 0.2) is 36.4 Å². The molecule has 0 aliphatic rings. The van der Waals surface area contributed by atoms with E-state index in [4.69, 9.17) is 4.74 Å². The highest BCUT2D eigenvalue weighted by Crippen LogP contribution is 2.23. The minimum absolute atomic E-state index is 0.562. The minimum atomic E-state index is 0.562. The van der Waals surface area contributed by atoms with E-state index in [1.54, 1.807) is 13.2 Å². The molecule has 0 radical (unpaired) electrons. The maximum absolute atomic E-state index is 9.24. The molecule has 0 aliphatic heterocycles. The summed E-state index contributed by atoms with van der Waals surface area (Å²) in [5.41, 5.74) is 2.39. The molecule has 120 valence electrons. The standard InChI is InChI=1S/C18H22N4O/c1-22(2)12-4-11-20-18-15(13-19)7-10-17(21-18)14-5-8-16(23-3)9-6-14/h5-10H,4,11-12H2,1-3H3,(H,20,21). The number of benzene rings is 1. The van der Waals surface area contributed by atoms with Gasteiger partial charge >= 0.3 is 0 Å². The van der Waals surface area contributed by atoms with Crippen LogP contribution in [-0.2, 0) is 0 Å². The molecule has 2 rings (SSSR count). The van der Waals surface area contributed by atoms with Crippen LogP contribution in [0, 0.1) is 11.3 Å². The number of methoxy groups -OCH3 is 1. The second-order valence-electron chi connectivity index (χ2n) is 5.52. The Bertz CT molecular complexity index is 674. The summed E-state index contributed by atoms with van der Waals surface area (Å²) in [5.74, 6) is 1.45. The lowest BCUT2D eigenvalue weighted by atomic mass is 10.1. The Morgan fingerprint density at radius 2 is 1.91 bits per heavy atom. The van der Waals surface area contributed by atoms with E-state index in [9.17, 15) is 5.26 Å². The van der Waals surface area contributed by atoms with Crippen molar-refractivity contribution in [3.8, 4) is 23.1 Å². The van der Waals surface area contributed by atoms with E-state index in [0.29, 0.717) is 11.4 Å². The molecule has 5 nitrogen and oxygen atoms in total. The molecule has 5 heteroatoms. The number of nitrogens with zero attached hydrogens (tertiary/aromatic N) is 3. The predicted molar refractivity (Wildman–Crippen MR) is 92.6 cm³/mol. The minimum Gasteiger partial charge on any atom is -0.497 e. The molecule has 1 aromatic carbocycles. The Balaban J connectivity index is 2.15. The van der Waals surface area contributed by atoms with E-state index >= 15 is 0 Å². The van der Waals surface area contributed by atoms with Gasteiger partial charge in [0.25, 0.3) is 0 Å². The highest BCUT2D eigenvalue weighted by atomic mass is 16.5. The zero-order chi connectivity index (χ0) is 16.7. The fourth-order valence-electron chi connectivity index (χ4n) is 2.21. The first-order valence-electron chi connectivity index (χ1n) is 7.58. The van der Waals surface area contributed by atoms with Gasteiger partial charge in [0.2, 0.25) is 0 Å². The van der Waals surface area contributed by atoms with Crippen LogP contribution in [0.3, 0.4) is 0 Å². The Labute approximate surface area is 137 Å². The van der Waals surface area contributed by atoms with Gasteiger partial charge in [0.15, 0.2) is 0 Å². The summed E-state index contributed by atoms with van der Waals surface area (Å²) in [7, 11) is 5.73. The Kier molecular flexibility index (Phi) is 5.95. The Morgan fingerprint density at radius 1 is 1.17 bits per heavy atom. The monoisotopic (exact) mass is 310 g/mol. The molecule has 0 amide bonds. The highest BCUT2D eigenvalue weighted by molar-refractivity contribution is 5.65. The van der Waals surface area contributed by atoms with Crippen LogP contribution in [0.1, 0.15) is 12.0 Å². The molecular weight excluding hydrogens is 288 g/mol. The van der Waals surface area contributed by atoms with Crippen LogP contribution < -0.4 is 10.1 Å². The number of pyridine rings is 1. The first-order valence-corrected chi connectivity index (χ1v) is 7.58. The van der Waals surface area contributed by atoms with Crippen LogP contribution in [-0.4, -0.2) is 44.2 Å². The van der Waals surface area contributed by atoms with E-state index in [1.165, 1.54) is 0 Å². The zero-order valence-corrected chi connectivity index (χ0v) is 13.8. The summed E-state index contributed by atoms with van der Waals surface area (Å²) in [6, 6.07) is 13.6. The molecular formula is C18H22N4O. The molecule has 0 aliphatic carbocycles. The van der Waals surface area contributed by atoms with E-state index in [2.05, 4.69) is 21.3 Å². The maximum Gasteiger partial charge on any atom is 0.144 e. The number of hydrogen-bond donors (Lipinski definition) is 1. The third kappa shape index (κ3) is 4.70. The molecule has 23 heavy (non-hydrogen) atoms. The number of hydrogen-bond acceptors (Lipinski definition) is 5. The maximum atomic E-state index is 9.24. The third-order valence-electron chi connectivity index (χ3n) is 3.48. The summed E-state index contributed by atoms with van der Waals surface area (Å²) >= 11 is 0. The van der Waals surface area contributed by atoms with Gasteiger partial charge in [0, 0.05) is 12.1 Å². The van der Waals surface area contributed by atoms with Crippen molar-refractivity contribution in [3.05, 3.63) is 42.0 Å². The molecule has 0 unspecified atom stereocenters. The van der Waals surface area contributed by atoms with E-state index in [1.807, 2.05) is 44.4 Å². The summed E-state index contributed by atoms with van der Waals surface area (Å²) in [5, 5.41) is 12.5. The van der Waals surface area contributed by atoms with E-state index in [0.717, 1.165) is 36.5 Å². The van der Waals surface area contributed by atoms with Gasteiger partial charge < -0.3 is 15.0 Å². The van der Waals surface area contributed by atoms with Crippen molar-refractivity contribution in [2.75, 3.05) is 39.6 Å². The first kappa shape index (κ1) is 16.8. The van der Waals surface area contributed by atoms with E-state index < -0.39 is 0 Å². The fourth-order valence-corrected chi connectivity index (χ4v) is 2.21. The smallest absolute Gasteiger partial charge is 0.144 e. The van der Waals surface area contributed by atoms with Crippen molar-refractivity contribution >= 4 is 5.82 Å². The molecule has 0 spiro atoms. The summed E-state index contributed by atoms with van der Waals surface area (Å²) in [6.45, 7) is 1.78. The molecule has 1 aromatic heterocycles. The molecule has 0 atom stereocenters. The van der Waals surface area contributed by atoms with Crippen LogP contribution in [0.5, 0.6) is 5.75 Å². The van der Waals surface area contributed by atoms with Gasteiger partial charge in [-0.15, -0.1) is 0 Å². The van der Waals surface area contributed by atoms with Gasteiger partial charge in [0.05, 0.1) is 18.4 Å². The number of anilines is 1. The van der Waals surface area contributed by atoms with Gasteiger partial charge in [-0.1, -0.05) is 0 Å². The lowest BCUT2D eigenvalue weighted by Crippen LogP contribution is -2.17.